The van der Waals surface area contributed by atoms with Crippen molar-refractivity contribution in [2.75, 3.05) is 13.1 Å². The van der Waals surface area contributed by atoms with Crippen molar-refractivity contribution in [3.63, 3.8) is 0 Å². The van der Waals surface area contributed by atoms with Gasteiger partial charge in [-0.1, -0.05) is 18.2 Å². The fourth-order valence-electron chi connectivity index (χ4n) is 3.30. The lowest BCUT2D eigenvalue weighted by Crippen LogP contribution is -2.42. The molecule has 0 spiro atoms. The number of nitrogens with zero attached hydrogens (tertiary/aromatic N) is 1. The van der Waals surface area contributed by atoms with Gasteiger partial charge in [-0.15, -0.1) is 0 Å². The lowest BCUT2D eigenvalue weighted by Gasteiger charge is -2.36. The highest BCUT2D eigenvalue weighted by Gasteiger charge is 2.36. The predicted octanol–water partition coefficient (Wildman–Crippen LogP) is 2.39. The molecule has 2 aromatic rings. The standard InChI is InChI=1S/C16H22N2O/c1-16(19,12-6-5-9-17-10-12)14-11-18(2)15-8-4-3-7-13(14)15/h3-4,7-8,11-12,17,19H,5-6,9-10H2,1-2H3. The van der Waals surface area contributed by atoms with Gasteiger partial charge in [0.25, 0.3) is 0 Å². The average Bonchev–Trinajstić information content (AvgIpc) is 2.79. The summed E-state index contributed by atoms with van der Waals surface area (Å²) in [6, 6.07) is 8.30. The van der Waals surface area contributed by atoms with E-state index in [1.54, 1.807) is 0 Å². The Morgan fingerprint density at radius 3 is 2.89 bits per heavy atom. The van der Waals surface area contributed by atoms with Crippen LogP contribution in [0.5, 0.6) is 0 Å². The molecular formula is C16H22N2O. The molecule has 2 atom stereocenters. The van der Waals surface area contributed by atoms with E-state index in [0.29, 0.717) is 0 Å². The van der Waals surface area contributed by atoms with Gasteiger partial charge in [-0.2, -0.15) is 0 Å². The summed E-state index contributed by atoms with van der Waals surface area (Å²) in [6.45, 7) is 3.94. The van der Waals surface area contributed by atoms with Crippen LogP contribution in [-0.2, 0) is 12.6 Å². The third kappa shape index (κ3) is 2.07. The van der Waals surface area contributed by atoms with E-state index in [2.05, 4.69) is 28.2 Å². The van der Waals surface area contributed by atoms with E-state index in [0.717, 1.165) is 31.5 Å². The molecule has 2 N–H and O–H groups in total. The molecule has 1 saturated heterocycles. The molecule has 0 saturated carbocycles. The molecule has 2 unspecified atom stereocenters. The van der Waals surface area contributed by atoms with E-state index in [-0.39, 0.29) is 5.92 Å². The quantitative estimate of drug-likeness (QED) is 0.868. The second kappa shape index (κ2) is 4.66. The molecular weight excluding hydrogens is 236 g/mol. The maximum atomic E-state index is 11.1. The largest absolute Gasteiger partial charge is 0.385 e. The zero-order valence-corrected chi connectivity index (χ0v) is 11.7. The van der Waals surface area contributed by atoms with Gasteiger partial charge in [-0.25, -0.2) is 0 Å². The molecule has 2 heterocycles. The number of aromatic nitrogens is 1. The van der Waals surface area contributed by atoms with E-state index in [1.165, 1.54) is 10.9 Å². The summed E-state index contributed by atoms with van der Waals surface area (Å²) >= 11 is 0. The van der Waals surface area contributed by atoms with Crippen molar-refractivity contribution in [2.45, 2.75) is 25.4 Å². The molecule has 1 aliphatic rings. The maximum absolute atomic E-state index is 11.1. The number of fused-ring (bicyclic) bond motifs is 1. The molecule has 1 fully saturated rings. The van der Waals surface area contributed by atoms with E-state index in [1.807, 2.05) is 26.1 Å². The van der Waals surface area contributed by atoms with Gasteiger partial charge in [-0.3, -0.25) is 0 Å². The van der Waals surface area contributed by atoms with Crippen molar-refractivity contribution in [1.29, 1.82) is 0 Å². The van der Waals surface area contributed by atoms with Crippen LogP contribution < -0.4 is 5.32 Å². The van der Waals surface area contributed by atoms with Gasteiger partial charge in [0.05, 0.1) is 5.60 Å². The Bertz CT molecular complexity index is 579. The van der Waals surface area contributed by atoms with Gasteiger partial charge in [0, 0.05) is 42.2 Å². The fraction of sp³-hybridized carbons (Fsp3) is 0.500. The first-order valence-electron chi connectivity index (χ1n) is 7.08. The average molecular weight is 258 g/mol. The monoisotopic (exact) mass is 258 g/mol. The summed E-state index contributed by atoms with van der Waals surface area (Å²) in [5.74, 6) is 0.284. The molecule has 1 aliphatic heterocycles. The van der Waals surface area contributed by atoms with Crippen LogP contribution >= 0.6 is 0 Å². The van der Waals surface area contributed by atoms with Crippen LogP contribution in [0.15, 0.2) is 30.5 Å². The van der Waals surface area contributed by atoms with Crippen molar-refractivity contribution < 1.29 is 5.11 Å². The highest BCUT2D eigenvalue weighted by molar-refractivity contribution is 5.84. The molecule has 1 aromatic heterocycles. The third-order valence-corrected chi connectivity index (χ3v) is 4.53. The van der Waals surface area contributed by atoms with Crippen LogP contribution in [0.4, 0.5) is 0 Å². The first-order chi connectivity index (χ1) is 9.10. The van der Waals surface area contributed by atoms with Crippen LogP contribution in [0.3, 0.4) is 0 Å². The minimum atomic E-state index is -0.770. The molecule has 3 rings (SSSR count). The lowest BCUT2D eigenvalue weighted by atomic mass is 9.79. The van der Waals surface area contributed by atoms with Gasteiger partial charge in [-0.05, 0) is 32.4 Å². The summed E-state index contributed by atoms with van der Waals surface area (Å²) in [5.41, 5.74) is 1.47. The summed E-state index contributed by atoms with van der Waals surface area (Å²) in [4.78, 5) is 0. The van der Waals surface area contributed by atoms with Crippen molar-refractivity contribution in [1.82, 2.24) is 9.88 Å². The molecule has 19 heavy (non-hydrogen) atoms. The van der Waals surface area contributed by atoms with Gasteiger partial charge in [0.15, 0.2) is 0 Å². The summed E-state index contributed by atoms with van der Waals surface area (Å²) in [7, 11) is 2.04. The number of aryl methyl sites for hydroxylation is 1. The van der Waals surface area contributed by atoms with Crippen molar-refractivity contribution in [3.8, 4) is 0 Å². The number of piperidine rings is 1. The lowest BCUT2D eigenvalue weighted by molar-refractivity contribution is -0.0144. The van der Waals surface area contributed by atoms with Gasteiger partial charge >= 0.3 is 0 Å². The van der Waals surface area contributed by atoms with E-state index in [9.17, 15) is 5.11 Å². The Morgan fingerprint density at radius 2 is 2.16 bits per heavy atom. The SMILES string of the molecule is Cn1cc(C(C)(O)C2CCCNC2)c2ccccc21. The molecule has 0 amide bonds. The molecule has 3 heteroatoms. The number of para-hydroxylation sites is 1. The van der Waals surface area contributed by atoms with Crippen LogP contribution in [0.25, 0.3) is 10.9 Å². The van der Waals surface area contributed by atoms with Gasteiger partial charge in [0.2, 0.25) is 0 Å². The highest BCUT2D eigenvalue weighted by atomic mass is 16.3. The Kier molecular flexibility index (Phi) is 3.11. The summed E-state index contributed by atoms with van der Waals surface area (Å²) in [5, 5.41) is 15.6. The van der Waals surface area contributed by atoms with E-state index < -0.39 is 5.60 Å². The maximum Gasteiger partial charge on any atom is 0.0929 e. The smallest absolute Gasteiger partial charge is 0.0929 e. The number of nitrogens with one attached hydrogen (secondary N) is 1. The second-order valence-electron chi connectivity index (χ2n) is 5.86. The van der Waals surface area contributed by atoms with Crippen LogP contribution in [0, 0.1) is 5.92 Å². The van der Waals surface area contributed by atoms with E-state index >= 15 is 0 Å². The Labute approximate surface area is 114 Å². The molecule has 0 radical (unpaired) electrons. The van der Waals surface area contributed by atoms with Crippen LogP contribution in [0.2, 0.25) is 0 Å². The first kappa shape index (κ1) is 12.7. The molecule has 0 bridgehead atoms. The van der Waals surface area contributed by atoms with Crippen LogP contribution in [0.1, 0.15) is 25.3 Å². The van der Waals surface area contributed by atoms with Crippen molar-refractivity contribution >= 4 is 10.9 Å². The van der Waals surface area contributed by atoms with Crippen LogP contribution in [-0.4, -0.2) is 22.8 Å². The second-order valence-corrected chi connectivity index (χ2v) is 5.86. The predicted molar refractivity (Wildman–Crippen MR) is 78.1 cm³/mol. The highest BCUT2D eigenvalue weighted by Crippen LogP contribution is 2.37. The summed E-state index contributed by atoms with van der Waals surface area (Å²) < 4.78 is 2.11. The number of hydrogen-bond donors (Lipinski definition) is 2. The fourth-order valence-corrected chi connectivity index (χ4v) is 3.30. The Balaban J connectivity index is 2.07. The molecule has 3 nitrogen and oxygen atoms in total. The number of hydrogen-bond acceptors (Lipinski definition) is 2. The summed E-state index contributed by atoms with van der Waals surface area (Å²) in [6.07, 6.45) is 4.31. The third-order valence-electron chi connectivity index (χ3n) is 4.53. The Hall–Kier alpha value is -1.32. The van der Waals surface area contributed by atoms with Crippen molar-refractivity contribution in [3.05, 3.63) is 36.0 Å². The first-order valence-corrected chi connectivity index (χ1v) is 7.08. The normalized spacial score (nSPS) is 23.4. The molecule has 1 aromatic carbocycles. The number of aliphatic hydroxyl groups is 1. The Morgan fingerprint density at radius 1 is 1.37 bits per heavy atom. The zero-order chi connectivity index (χ0) is 13.5. The number of benzene rings is 1. The van der Waals surface area contributed by atoms with E-state index in [4.69, 9.17) is 0 Å². The minimum absolute atomic E-state index is 0.284. The van der Waals surface area contributed by atoms with Crippen molar-refractivity contribution in [2.24, 2.45) is 13.0 Å². The van der Waals surface area contributed by atoms with Gasteiger partial charge in [0.1, 0.15) is 0 Å². The minimum Gasteiger partial charge on any atom is -0.385 e. The zero-order valence-electron chi connectivity index (χ0n) is 11.7. The number of rotatable bonds is 2. The van der Waals surface area contributed by atoms with Gasteiger partial charge < -0.3 is 15.0 Å². The molecule has 102 valence electrons. The topological polar surface area (TPSA) is 37.2 Å². The molecule has 0 aliphatic carbocycles.